The lowest BCUT2D eigenvalue weighted by molar-refractivity contribution is -0.142. The second-order valence-corrected chi connectivity index (χ2v) is 8.78. The summed E-state index contributed by atoms with van der Waals surface area (Å²) in [7, 11) is 0. The third-order valence-electron chi connectivity index (χ3n) is 5.34. The molecule has 0 fully saturated rings. The summed E-state index contributed by atoms with van der Waals surface area (Å²) < 4.78 is 0. The van der Waals surface area contributed by atoms with Crippen molar-refractivity contribution in [2.24, 2.45) is 28.1 Å². The van der Waals surface area contributed by atoms with Crippen LogP contribution in [0.3, 0.4) is 0 Å². The fourth-order valence-corrected chi connectivity index (χ4v) is 3.08. The molecule has 0 saturated carbocycles. The standard InChI is InChI=1S/C23H37N7O6/c1-12(2)18(24)21(34)30-17(11-14-6-8-15(31)9-7-14)20(33)28-13(3)19(32)29-16(22(35)36)5-4-10-27-23(25)26/h6-9,12-13,16-18,31H,4-5,10-11,24H2,1-3H3,(H,28,33)(H,29,32)(H,30,34)(H,35,36)(H4,25,26,27). The molecule has 0 radical (unpaired) electrons. The minimum absolute atomic E-state index is 0.0437. The highest BCUT2D eigenvalue weighted by molar-refractivity contribution is 5.94. The maximum atomic E-state index is 13.0. The Morgan fingerprint density at radius 3 is 2.03 bits per heavy atom. The first-order chi connectivity index (χ1) is 16.8. The van der Waals surface area contributed by atoms with Crippen molar-refractivity contribution in [3.8, 4) is 5.75 Å². The number of carboxylic acids is 1. The average Bonchev–Trinajstić information content (AvgIpc) is 2.80. The second kappa shape index (κ2) is 14.5. The first-order valence-electron chi connectivity index (χ1n) is 11.5. The molecule has 11 N–H and O–H groups in total. The SMILES string of the molecule is CC(NC(=O)C(Cc1ccc(O)cc1)NC(=O)C(N)C(C)C)C(=O)NC(CCCN=C(N)N)C(=O)O. The van der Waals surface area contributed by atoms with E-state index in [9.17, 15) is 29.4 Å². The van der Waals surface area contributed by atoms with Crippen LogP contribution in [0.4, 0.5) is 0 Å². The van der Waals surface area contributed by atoms with Crippen LogP contribution in [0.15, 0.2) is 29.3 Å². The molecule has 0 heterocycles. The van der Waals surface area contributed by atoms with E-state index in [-0.39, 0.29) is 37.0 Å². The van der Waals surface area contributed by atoms with E-state index in [1.807, 2.05) is 0 Å². The summed E-state index contributed by atoms with van der Waals surface area (Å²) in [5, 5.41) is 26.4. The first-order valence-corrected chi connectivity index (χ1v) is 11.5. The predicted molar refractivity (Wildman–Crippen MR) is 134 cm³/mol. The number of aliphatic carboxylic acids is 1. The maximum absolute atomic E-state index is 13.0. The van der Waals surface area contributed by atoms with E-state index in [4.69, 9.17) is 17.2 Å². The highest BCUT2D eigenvalue weighted by Gasteiger charge is 2.29. The first kappa shape index (κ1) is 30.2. The lowest BCUT2D eigenvalue weighted by Gasteiger charge is -2.24. The number of carboxylic acid groups (broad SMARTS) is 1. The number of benzene rings is 1. The Hall–Kier alpha value is -3.87. The van der Waals surface area contributed by atoms with Gasteiger partial charge >= 0.3 is 5.97 Å². The minimum Gasteiger partial charge on any atom is -0.508 e. The molecule has 1 aromatic carbocycles. The lowest BCUT2D eigenvalue weighted by atomic mass is 10.0. The Morgan fingerprint density at radius 2 is 1.50 bits per heavy atom. The minimum atomic E-state index is -1.24. The molecule has 13 nitrogen and oxygen atoms in total. The number of nitrogens with one attached hydrogen (secondary N) is 3. The molecular formula is C23H37N7O6. The zero-order chi connectivity index (χ0) is 27.4. The van der Waals surface area contributed by atoms with Crippen LogP contribution < -0.4 is 33.2 Å². The number of amides is 3. The van der Waals surface area contributed by atoms with Crippen molar-refractivity contribution in [1.29, 1.82) is 0 Å². The van der Waals surface area contributed by atoms with Gasteiger partial charge in [0.2, 0.25) is 17.7 Å². The van der Waals surface area contributed by atoms with Gasteiger partial charge in [-0.3, -0.25) is 19.4 Å². The smallest absolute Gasteiger partial charge is 0.326 e. The largest absolute Gasteiger partial charge is 0.508 e. The van der Waals surface area contributed by atoms with Crippen LogP contribution in [0, 0.1) is 5.92 Å². The molecule has 4 unspecified atom stereocenters. The van der Waals surface area contributed by atoms with Gasteiger partial charge in [-0.2, -0.15) is 0 Å². The average molecular weight is 508 g/mol. The summed E-state index contributed by atoms with van der Waals surface area (Å²) in [4.78, 5) is 53.4. The van der Waals surface area contributed by atoms with Crippen molar-refractivity contribution < 1.29 is 29.4 Å². The van der Waals surface area contributed by atoms with Gasteiger partial charge in [-0.25, -0.2) is 4.79 Å². The molecule has 0 spiro atoms. The number of rotatable bonds is 14. The van der Waals surface area contributed by atoms with Gasteiger partial charge in [-0.15, -0.1) is 0 Å². The van der Waals surface area contributed by atoms with Crippen molar-refractivity contribution in [1.82, 2.24) is 16.0 Å². The summed E-state index contributed by atoms with van der Waals surface area (Å²) in [6.07, 6.45) is 0.456. The summed E-state index contributed by atoms with van der Waals surface area (Å²) in [5.74, 6) is -3.40. The Labute approximate surface area is 209 Å². The van der Waals surface area contributed by atoms with E-state index in [0.717, 1.165) is 0 Å². The highest BCUT2D eigenvalue weighted by Crippen LogP contribution is 2.12. The topological polar surface area (TPSA) is 235 Å². The predicted octanol–water partition coefficient (Wildman–Crippen LogP) is -1.47. The van der Waals surface area contributed by atoms with Crippen molar-refractivity contribution in [2.45, 2.75) is 64.2 Å². The van der Waals surface area contributed by atoms with Crippen LogP contribution in [0.5, 0.6) is 5.75 Å². The maximum Gasteiger partial charge on any atom is 0.326 e. The molecule has 0 aliphatic heterocycles. The lowest BCUT2D eigenvalue weighted by Crippen LogP contribution is -2.57. The quantitative estimate of drug-likeness (QED) is 0.0832. The fraction of sp³-hybridized carbons (Fsp3) is 0.522. The van der Waals surface area contributed by atoms with Gasteiger partial charge < -0.3 is 43.4 Å². The van der Waals surface area contributed by atoms with Gasteiger partial charge in [-0.05, 0) is 43.4 Å². The monoisotopic (exact) mass is 507 g/mol. The van der Waals surface area contributed by atoms with Crippen molar-refractivity contribution >= 4 is 29.7 Å². The Morgan fingerprint density at radius 1 is 0.917 bits per heavy atom. The number of aliphatic imine (C=N–C) groups is 1. The molecule has 1 rings (SSSR count). The number of guanidine groups is 1. The van der Waals surface area contributed by atoms with E-state index in [2.05, 4.69) is 20.9 Å². The Bertz CT molecular complexity index is 931. The van der Waals surface area contributed by atoms with Crippen LogP contribution in [0.2, 0.25) is 0 Å². The Balaban J connectivity index is 2.87. The number of carbonyl (C=O) groups is 4. The second-order valence-electron chi connectivity index (χ2n) is 8.78. The number of nitrogens with two attached hydrogens (primary N) is 3. The van der Waals surface area contributed by atoms with E-state index in [1.54, 1.807) is 26.0 Å². The molecule has 0 aliphatic carbocycles. The van der Waals surface area contributed by atoms with E-state index >= 15 is 0 Å². The third-order valence-corrected chi connectivity index (χ3v) is 5.34. The Kier molecular flexibility index (Phi) is 12.2. The van der Waals surface area contributed by atoms with Crippen LogP contribution >= 0.6 is 0 Å². The van der Waals surface area contributed by atoms with Crippen LogP contribution in [-0.2, 0) is 25.6 Å². The number of carbonyl (C=O) groups excluding carboxylic acids is 3. The number of hydrogen-bond donors (Lipinski definition) is 8. The summed E-state index contributed by atoms with van der Waals surface area (Å²) in [5.41, 5.74) is 17.0. The number of phenols is 1. The molecule has 3 amide bonds. The van der Waals surface area contributed by atoms with E-state index in [1.165, 1.54) is 19.1 Å². The van der Waals surface area contributed by atoms with Gasteiger partial charge in [-0.1, -0.05) is 26.0 Å². The van der Waals surface area contributed by atoms with Crippen LogP contribution in [0.1, 0.15) is 39.2 Å². The van der Waals surface area contributed by atoms with Gasteiger partial charge in [0.1, 0.15) is 23.9 Å². The number of hydrogen-bond acceptors (Lipinski definition) is 7. The van der Waals surface area contributed by atoms with Gasteiger partial charge in [0.15, 0.2) is 5.96 Å². The molecule has 36 heavy (non-hydrogen) atoms. The molecule has 0 saturated heterocycles. The third kappa shape index (κ3) is 10.6. The molecule has 13 heteroatoms. The normalized spacial score (nSPS) is 14.1. The molecule has 1 aromatic rings. The summed E-state index contributed by atoms with van der Waals surface area (Å²) >= 11 is 0. The zero-order valence-electron chi connectivity index (χ0n) is 20.7. The number of phenolic OH excluding ortho intramolecular Hbond substituents is 1. The molecule has 0 bridgehead atoms. The molecule has 0 aliphatic rings. The summed E-state index contributed by atoms with van der Waals surface area (Å²) in [6, 6.07) is 1.86. The van der Waals surface area contributed by atoms with E-state index in [0.29, 0.717) is 12.0 Å². The molecule has 4 atom stereocenters. The number of nitrogens with zero attached hydrogens (tertiary/aromatic N) is 1. The molecule has 0 aromatic heterocycles. The number of aromatic hydroxyl groups is 1. The van der Waals surface area contributed by atoms with Crippen molar-refractivity contribution in [2.75, 3.05) is 6.54 Å². The summed E-state index contributed by atoms with van der Waals surface area (Å²) in [6.45, 7) is 5.13. The van der Waals surface area contributed by atoms with Crippen molar-refractivity contribution in [3.05, 3.63) is 29.8 Å². The van der Waals surface area contributed by atoms with Crippen molar-refractivity contribution in [3.63, 3.8) is 0 Å². The van der Waals surface area contributed by atoms with Gasteiger partial charge in [0, 0.05) is 13.0 Å². The molecular weight excluding hydrogens is 470 g/mol. The fourth-order valence-electron chi connectivity index (χ4n) is 3.08. The van der Waals surface area contributed by atoms with Crippen LogP contribution in [0.25, 0.3) is 0 Å². The molecule has 200 valence electrons. The van der Waals surface area contributed by atoms with Gasteiger partial charge in [0.25, 0.3) is 0 Å². The van der Waals surface area contributed by atoms with Gasteiger partial charge in [0.05, 0.1) is 6.04 Å². The zero-order valence-corrected chi connectivity index (χ0v) is 20.7. The van der Waals surface area contributed by atoms with Crippen LogP contribution in [-0.4, -0.2) is 70.6 Å². The van der Waals surface area contributed by atoms with E-state index < -0.39 is 47.9 Å². The highest BCUT2D eigenvalue weighted by atomic mass is 16.4.